The smallest absolute Gasteiger partial charge is 0.329 e. The van der Waals surface area contributed by atoms with Crippen molar-refractivity contribution in [1.82, 2.24) is 10.2 Å². The maximum atomic E-state index is 12.8. The second-order valence-electron chi connectivity index (χ2n) is 7.09. The van der Waals surface area contributed by atoms with Crippen LogP contribution in [0.1, 0.15) is 16.7 Å². The van der Waals surface area contributed by atoms with Crippen LogP contribution in [-0.4, -0.2) is 16.8 Å². The third kappa shape index (κ3) is 5.44. The van der Waals surface area contributed by atoms with E-state index < -0.39 is 6.03 Å². The van der Waals surface area contributed by atoms with E-state index in [9.17, 15) is 9.59 Å². The molecule has 3 aromatic rings. The van der Waals surface area contributed by atoms with Gasteiger partial charge in [0.05, 0.1) is 13.7 Å². The highest BCUT2D eigenvalue weighted by Crippen LogP contribution is 2.31. The molecular formula is C24H17ClI2N2O3. The van der Waals surface area contributed by atoms with Gasteiger partial charge in [-0.3, -0.25) is 9.69 Å². The molecule has 0 unspecified atom stereocenters. The molecular weight excluding hydrogens is 654 g/mol. The van der Waals surface area contributed by atoms with Crippen LogP contribution >= 0.6 is 56.8 Å². The highest BCUT2D eigenvalue weighted by atomic mass is 127. The van der Waals surface area contributed by atoms with Crippen LogP contribution in [0.4, 0.5) is 4.79 Å². The molecule has 5 nitrogen and oxygen atoms in total. The van der Waals surface area contributed by atoms with Gasteiger partial charge in [0.1, 0.15) is 18.1 Å². The minimum Gasteiger partial charge on any atom is -0.487 e. The number of urea groups is 1. The molecule has 1 aliphatic rings. The molecule has 0 spiro atoms. The molecule has 1 aliphatic heterocycles. The summed E-state index contributed by atoms with van der Waals surface area (Å²) in [5.41, 5.74) is 2.98. The zero-order valence-electron chi connectivity index (χ0n) is 16.6. The monoisotopic (exact) mass is 670 g/mol. The number of carbonyl (C=O) groups is 2. The molecule has 4 rings (SSSR count). The summed E-state index contributed by atoms with van der Waals surface area (Å²) in [6.45, 7) is 0.655. The molecule has 3 amide bonds. The topological polar surface area (TPSA) is 58.6 Å². The Balaban J connectivity index is 1.49. The molecule has 32 heavy (non-hydrogen) atoms. The van der Waals surface area contributed by atoms with Crippen molar-refractivity contribution < 1.29 is 14.3 Å². The number of carbonyl (C=O) groups excluding carboxylic acids is 2. The van der Waals surface area contributed by atoms with Gasteiger partial charge >= 0.3 is 6.03 Å². The molecule has 0 aliphatic carbocycles. The Hall–Kier alpha value is -2.11. The molecule has 1 heterocycles. The normalized spacial score (nSPS) is 14.7. The van der Waals surface area contributed by atoms with Crippen LogP contribution in [0, 0.1) is 7.14 Å². The molecule has 0 atom stereocenters. The van der Waals surface area contributed by atoms with Crippen molar-refractivity contribution in [2.24, 2.45) is 0 Å². The third-order valence-corrected chi connectivity index (χ3v) is 6.63. The summed E-state index contributed by atoms with van der Waals surface area (Å²) in [4.78, 5) is 26.3. The van der Waals surface area contributed by atoms with Gasteiger partial charge < -0.3 is 10.1 Å². The first-order valence-corrected chi connectivity index (χ1v) is 12.2. The van der Waals surface area contributed by atoms with E-state index in [1.807, 2.05) is 66.7 Å². The van der Waals surface area contributed by atoms with Gasteiger partial charge in [-0.05, 0) is 92.2 Å². The predicted octanol–water partition coefficient (Wildman–Crippen LogP) is 6.22. The summed E-state index contributed by atoms with van der Waals surface area (Å²) < 4.78 is 7.84. The summed E-state index contributed by atoms with van der Waals surface area (Å²) >= 11 is 10.4. The highest BCUT2D eigenvalue weighted by Gasteiger charge is 2.33. The highest BCUT2D eigenvalue weighted by molar-refractivity contribution is 14.1. The number of ether oxygens (including phenoxy) is 1. The molecule has 0 saturated carbocycles. The van der Waals surface area contributed by atoms with Crippen molar-refractivity contribution in [2.45, 2.75) is 13.2 Å². The van der Waals surface area contributed by atoms with Crippen molar-refractivity contribution in [3.05, 3.63) is 101 Å². The van der Waals surface area contributed by atoms with E-state index in [-0.39, 0.29) is 18.1 Å². The number of amides is 3. The van der Waals surface area contributed by atoms with Gasteiger partial charge in [0.2, 0.25) is 0 Å². The minimum atomic E-state index is -0.419. The van der Waals surface area contributed by atoms with Crippen LogP contribution in [-0.2, 0) is 17.9 Å². The summed E-state index contributed by atoms with van der Waals surface area (Å²) in [6.07, 6.45) is 1.69. The average Bonchev–Trinajstić information content (AvgIpc) is 3.02. The van der Waals surface area contributed by atoms with Gasteiger partial charge in [-0.1, -0.05) is 54.1 Å². The number of halogens is 3. The van der Waals surface area contributed by atoms with Crippen LogP contribution in [0.5, 0.6) is 5.75 Å². The summed E-state index contributed by atoms with van der Waals surface area (Å²) in [6, 6.07) is 20.4. The maximum absolute atomic E-state index is 12.8. The van der Waals surface area contributed by atoms with Gasteiger partial charge in [0.15, 0.2) is 0 Å². The molecule has 1 fully saturated rings. The second kappa shape index (κ2) is 10.2. The van der Waals surface area contributed by atoms with E-state index in [0.717, 1.165) is 29.6 Å². The predicted molar refractivity (Wildman–Crippen MR) is 141 cm³/mol. The lowest BCUT2D eigenvalue weighted by molar-refractivity contribution is -0.123. The van der Waals surface area contributed by atoms with Crippen LogP contribution in [0.15, 0.2) is 72.4 Å². The van der Waals surface area contributed by atoms with Crippen molar-refractivity contribution in [1.29, 1.82) is 0 Å². The average molecular weight is 671 g/mol. The SMILES string of the molecule is O=C1N/C(=C/c2cc(I)c(OCc3ccc(Cl)cc3)c(I)c2)C(=O)N1Cc1ccccc1. The van der Waals surface area contributed by atoms with E-state index in [0.29, 0.717) is 11.6 Å². The Morgan fingerprint density at radius 1 is 0.938 bits per heavy atom. The van der Waals surface area contributed by atoms with Gasteiger partial charge in [-0.2, -0.15) is 0 Å². The summed E-state index contributed by atoms with van der Waals surface area (Å²) in [7, 11) is 0. The summed E-state index contributed by atoms with van der Waals surface area (Å²) in [5, 5.41) is 3.37. The Kier molecular flexibility index (Phi) is 7.37. The van der Waals surface area contributed by atoms with Gasteiger partial charge in [-0.15, -0.1) is 0 Å². The third-order valence-electron chi connectivity index (χ3n) is 4.77. The number of imide groups is 1. The van der Waals surface area contributed by atoms with Gasteiger partial charge in [-0.25, -0.2) is 4.79 Å². The number of hydrogen-bond acceptors (Lipinski definition) is 3. The zero-order chi connectivity index (χ0) is 22.7. The van der Waals surface area contributed by atoms with Crippen LogP contribution in [0.2, 0.25) is 5.02 Å². The Morgan fingerprint density at radius 3 is 2.25 bits per heavy atom. The van der Waals surface area contributed by atoms with Crippen molar-refractivity contribution >= 4 is 74.8 Å². The van der Waals surface area contributed by atoms with E-state index in [1.54, 1.807) is 6.08 Å². The minimum absolute atomic E-state index is 0.232. The molecule has 0 radical (unpaired) electrons. The van der Waals surface area contributed by atoms with Crippen molar-refractivity contribution in [2.75, 3.05) is 0 Å². The number of hydrogen-bond donors (Lipinski definition) is 1. The fourth-order valence-electron chi connectivity index (χ4n) is 3.18. The quantitative estimate of drug-likeness (QED) is 0.193. The number of nitrogens with one attached hydrogen (secondary N) is 1. The standard InChI is InChI=1S/C24H17ClI2N2O3/c25-18-8-6-16(7-9-18)14-32-22-19(26)10-17(11-20(22)27)12-21-23(30)29(24(31)28-21)13-15-4-2-1-3-5-15/h1-12H,13-14H2,(H,28,31)/b21-12+. The Bertz CT molecular complexity index is 1170. The molecule has 8 heteroatoms. The second-order valence-corrected chi connectivity index (χ2v) is 9.85. The Labute approximate surface area is 218 Å². The van der Waals surface area contributed by atoms with Crippen LogP contribution < -0.4 is 10.1 Å². The van der Waals surface area contributed by atoms with Gasteiger partial charge in [0.25, 0.3) is 5.91 Å². The number of nitrogens with zero attached hydrogens (tertiary/aromatic N) is 1. The van der Waals surface area contributed by atoms with E-state index in [4.69, 9.17) is 16.3 Å². The molecule has 0 bridgehead atoms. The first kappa shape index (κ1) is 23.1. The van der Waals surface area contributed by atoms with Crippen LogP contribution in [0.3, 0.4) is 0 Å². The van der Waals surface area contributed by atoms with Crippen molar-refractivity contribution in [3.63, 3.8) is 0 Å². The molecule has 0 aromatic heterocycles. The fourth-order valence-corrected chi connectivity index (χ4v) is 5.44. The molecule has 1 saturated heterocycles. The van der Waals surface area contributed by atoms with E-state index in [2.05, 4.69) is 50.5 Å². The number of benzene rings is 3. The lowest BCUT2D eigenvalue weighted by Crippen LogP contribution is -2.30. The summed E-state index contributed by atoms with van der Waals surface area (Å²) in [5.74, 6) is 0.433. The Morgan fingerprint density at radius 2 is 1.59 bits per heavy atom. The van der Waals surface area contributed by atoms with Crippen LogP contribution in [0.25, 0.3) is 6.08 Å². The lowest BCUT2D eigenvalue weighted by Gasteiger charge is -2.12. The molecule has 162 valence electrons. The largest absolute Gasteiger partial charge is 0.487 e. The zero-order valence-corrected chi connectivity index (χ0v) is 21.7. The van der Waals surface area contributed by atoms with Crippen molar-refractivity contribution in [3.8, 4) is 5.75 Å². The first-order chi connectivity index (χ1) is 15.4. The van der Waals surface area contributed by atoms with E-state index >= 15 is 0 Å². The molecule has 1 N–H and O–H groups in total. The lowest BCUT2D eigenvalue weighted by atomic mass is 10.1. The maximum Gasteiger partial charge on any atom is 0.329 e. The molecule has 3 aromatic carbocycles. The first-order valence-electron chi connectivity index (χ1n) is 9.65. The number of rotatable bonds is 6. The fraction of sp³-hybridized carbons (Fsp3) is 0.0833. The van der Waals surface area contributed by atoms with E-state index in [1.165, 1.54) is 4.90 Å². The van der Waals surface area contributed by atoms with Gasteiger partial charge in [0, 0.05) is 5.02 Å².